The molecule has 0 fully saturated rings. The maximum Gasteiger partial charge on any atom is 0.326 e. The van der Waals surface area contributed by atoms with Gasteiger partial charge in [-0.15, -0.1) is 0 Å². The average molecular weight is 313 g/mol. The highest BCUT2D eigenvalue weighted by molar-refractivity contribution is 7.92. The summed E-state index contributed by atoms with van der Waals surface area (Å²) in [5.74, 6) is -1.89. The van der Waals surface area contributed by atoms with Crippen LogP contribution in [0.3, 0.4) is 0 Å². The highest BCUT2D eigenvalue weighted by atomic mass is 32.2. The van der Waals surface area contributed by atoms with Crippen LogP contribution in [0.4, 0.5) is 0 Å². The summed E-state index contributed by atoms with van der Waals surface area (Å²) < 4.78 is 23.1. The van der Waals surface area contributed by atoms with Crippen LogP contribution in [0.5, 0.6) is 0 Å². The van der Waals surface area contributed by atoms with Gasteiger partial charge in [-0.1, -0.05) is 30.3 Å². The van der Waals surface area contributed by atoms with E-state index in [9.17, 15) is 18.0 Å². The zero-order valence-corrected chi connectivity index (χ0v) is 13.0. The lowest BCUT2D eigenvalue weighted by Gasteiger charge is -2.28. The Morgan fingerprint density at radius 3 is 2.14 bits per heavy atom. The van der Waals surface area contributed by atoms with Gasteiger partial charge < -0.3 is 10.0 Å². The number of carbonyl (C=O) groups is 2. The second-order valence-electron chi connectivity index (χ2n) is 4.94. The first-order chi connectivity index (χ1) is 9.64. The second-order valence-corrected chi connectivity index (χ2v) is 7.30. The van der Waals surface area contributed by atoms with Crippen molar-refractivity contribution in [3.63, 3.8) is 0 Å². The molecule has 0 aromatic heterocycles. The van der Waals surface area contributed by atoms with Gasteiger partial charge >= 0.3 is 5.97 Å². The summed E-state index contributed by atoms with van der Waals surface area (Å²) in [6, 6.07) is 7.73. The summed E-state index contributed by atoms with van der Waals surface area (Å²) in [5, 5.41) is 7.85. The standard InChI is InChI=1S/C14H19NO5S/c1-10(14(17)18)15(9-12-7-5-4-6-8-12)13(16)11(2)21(3,19)20/h4-8,10-11H,9H2,1-3H3,(H,17,18). The van der Waals surface area contributed by atoms with Crippen molar-refractivity contribution < 1.29 is 23.1 Å². The third-order valence-corrected chi connectivity index (χ3v) is 4.78. The fraction of sp³-hybridized carbons (Fsp3) is 0.429. The molecule has 0 bridgehead atoms. The van der Waals surface area contributed by atoms with Gasteiger partial charge in [0.15, 0.2) is 9.84 Å². The van der Waals surface area contributed by atoms with Crippen LogP contribution in [-0.2, 0) is 26.0 Å². The minimum Gasteiger partial charge on any atom is -0.480 e. The molecule has 1 aromatic carbocycles. The van der Waals surface area contributed by atoms with E-state index in [2.05, 4.69) is 0 Å². The monoisotopic (exact) mass is 313 g/mol. The molecule has 2 atom stereocenters. The Labute approximate surface area is 124 Å². The quantitative estimate of drug-likeness (QED) is 0.843. The molecule has 0 aliphatic carbocycles. The van der Waals surface area contributed by atoms with Gasteiger partial charge in [0.1, 0.15) is 11.3 Å². The molecule has 0 spiro atoms. The summed E-state index contributed by atoms with van der Waals surface area (Å²) >= 11 is 0. The Kier molecular flexibility index (Phi) is 5.48. The number of carboxylic acids is 1. The van der Waals surface area contributed by atoms with E-state index in [4.69, 9.17) is 5.11 Å². The molecule has 116 valence electrons. The van der Waals surface area contributed by atoms with Gasteiger partial charge in [0, 0.05) is 12.8 Å². The van der Waals surface area contributed by atoms with Crippen LogP contribution in [0.1, 0.15) is 19.4 Å². The van der Waals surface area contributed by atoms with Crippen molar-refractivity contribution in [2.75, 3.05) is 6.26 Å². The molecule has 0 saturated heterocycles. The third-order valence-electron chi connectivity index (χ3n) is 3.29. The van der Waals surface area contributed by atoms with Crippen LogP contribution < -0.4 is 0 Å². The smallest absolute Gasteiger partial charge is 0.326 e. The molecule has 21 heavy (non-hydrogen) atoms. The number of aliphatic carboxylic acids is 1. The number of amides is 1. The van der Waals surface area contributed by atoms with Crippen molar-refractivity contribution in [2.24, 2.45) is 0 Å². The first kappa shape index (κ1) is 17.2. The van der Waals surface area contributed by atoms with Gasteiger partial charge in [-0.05, 0) is 19.4 Å². The molecule has 2 unspecified atom stereocenters. The molecule has 6 nitrogen and oxygen atoms in total. The molecular weight excluding hydrogens is 294 g/mol. The number of hydrogen-bond donors (Lipinski definition) is 1. The van der Waals surface area contributed by atoms with Crippen molar-refractivity contribution in [3.8, 4) is 0 Å². The SMILES string of the molecule is CC(C(=O)O)N(Cc1ccccc1)C(=O)C(C)S(C)(=O)=O. The lowest BCUT2D eigenvalue weighted by atomic mass is 10.1. The van der Waals surface area contributed by atoms with E-state index < -0.39 is 33.0 Å². The number of sulfone groups is 1. The van der Waals surface area contributed by atoms with Crippen LogP contribution in [0.15, 0.2) is 30.3 Å². The van der Waals surface area contributed by atoms with Crippen LogP contribution in [0.2, 0.25) is 0 Å². The summed E-state index contributed by atoms with van der Waals surface area (Å²) in [4.78, 5) is 24.6. The minimum atomic E-state index is -3.58. The molecule has 1 rings (SSSR count). The Hall–Kier alpha value is -1.89. The number of nitrogens with zero attached hydrogens (tertiary/aromatic N) is 1. The van der Waals surface area contributed by atoms with Gasteiger partial charge in [-0.3, -0.25) is 4.79 Å². The van der Waals surface area contributed by atoms with Gasteiger partial charge in [0.2, 0.25) is 5.91 Å². The van der Waals surface area contributed by atoms with Gasteiger partial charge in [0.25, 0.3) is 0 Å². The second kappa shape index (κ2) is 6.71. The topological polar surface area (TPSA) is 91.8 Å². The number of carboxylic acid groups (broad SMARTS) is 1. The van der Waals surface area contributed by atoms with E-state index in [-0.39, 0.29) is 6.54 Å². The first-order valence-electron chi connectivity index (χ1n) is 6.40. The molecule has 1 N–H and O–H groups in total. The van der Waals surface area contributed by atoms with Gasteiger partial charge in [0.05, 0.1) is 0 Å². The molecule has 0 radical (unpaired) electrons. The highest BCUT2D eigenvalue weighted by Crippen LogP contribution is 2.13. The average Bonchev–Trinajstić information content (AvgIpc) is 2.42. The van der Waals surface area contributed by atoms with Crippen LogP contribution >= 0.6 is 0 Å². The number of hydrogen-bond acceptors (Lipinski definition) is 4. The minimum absolute atomic E-state index is 0.0486. The normalized spacial score (nSPS) is 14.2. The molecule has 1 amide bonds. The largest absolute Gasteiger partial charge is 0.480 e. The van der Waals surface area contributed by atoms with E-state index in [0.717, 1.165) is 16.7 Å². The van der Waals surface area contributed by atoms with Crippen LogP contribution in [0, 0.1) is 0 Å². The maximum absolute atomic E-state index is 12.3. The van der Waals surface area contributed by atoms with E-state index in [1.165, 1.54) is 13.8 Å². The number of carbonyl (C=O) groups excluding carboxylic acids is 1. The molecule has 0 saturated carbocycles. The predicted molar refractivity (Wildman–Crippen MR) is 78.4 cm³/mol. The van der Waals surface area contributed by atoms with Crippen molar-refractivity contribution >= 4 is 21.7 Å². The van der Waals surface area contributed by atoms with E-state index >= 15 is 0 Å². The molecule has 7 heteroatoms. The molecule has 1 aromatic rings. The van der Waals surface area contributed by atoms with Crippen molar-refractivity contribution in [1.29, 1.82) is 0 Å². The Morgan fingerprint density at radius 1 is 1.19 bits per heavy atom. The van der Waals surface area contributed by atoms with Crippen molar-refractivity contribution in [1.82, 2.24) is 4.90 Å². The zero-order chi connectivity index (χ0) is 16.2. The summed E-state index contributed by atoms with van der Waals surface area (Å²) in [6.45, 7) is 2.68. The zero-order valence-electron chi connectivity index (χ0n) is 12.2. The highest BCUT2D eigenvalue weighted by Gasteiger charge is 2.33. The molecule has 0 heterocycles. The third kappa shape index (κ3) is 4.56. The number of rotatable bonds is 6. The molecule has 0 aliphatic rings. The molecule has 0 aliphatic heterocycles. The Morgan fingerprint density at radius 2 is 1.71 bits per heavy atom. The van der Waals surface area contributed by atoms with Crippen molar-refractivity contribution in [2.45, 2.75) is 31.7 Å². The molecular formula is C14H19NO5S. The van der Waals surface area contributed by atoms with E-state index in [1.807, 2.05) is 0 Å². The van der Waals surface area contributed by atoms with Crippen molar-refractivity contribution in [3.05, 3.63) is 35.9 Å². The summed E-state index contributed by atoms with van der Waals surface area (Å²) in [6.07, 6.45) is 0.960. The summed E-state index contributed by atoms with van der Waals surface area (Å²) in [7, 11) is -3.58. The van der Waals surface area contributed by atoms with Gasteiger partial charge in [-0.25, -0.2) is 13.2 Å². The van der Waals surface area contributed by atoms with Crippen LogP contribution in [-0.4, -0.2) is 47.8 Å². The lowest BCUT2D eigenvalue weighted by molar-refractivity contribution is -0.149. The fourth-order valence-corrected chi connectivity index (χ4v) is 2.24. The first-order valence-corrected chi connectivity index (χ1v) is 8.36. The number of benzene rings is 1. The van der Waals surface area contributed by atoms with E-state index in [1.54, 1.807) is 30.3 Å². The predicted octanol–water partition coefficient (Wildman–Crippen LogP) is 0.921. The lowest BCUT2D eigenvalue weighted by Crippen LogP contribution is -2.48. The Bertz CT molecular complexity index is 612. The van der Waals surface area contributed by atoms with E-state index in [0.29, 0.717) is 0 Å². The van der Waals surface area contributed by atoms with Gasteiger partial charge in [-0.2, -0.15) is 0 Å². The van der Waals surface area contributed by atoms with Crippen LogP contribution in [0.25, 0.3) is 0 Å². The maximum atomic E-state index is 12.3. The fourth-order valence-electron chi connectivity index (χ4n) is 1.74. The summed E-state index contributed by atoms with van der Waals surface area (Å²) in [5.41, 5.74) is 0.736. The Balaban J connectivity index is 3.09.